The number of methoxy groups -OCH3 is 1. The predicted molar refractivity (Wildman–Crippen MR) is 116 cm³/mol. The highest BCUT2D eigenvalue weighted by Gasteiger charge is 2.41. The molecule has 2 aromatic carbocycles. The van der Waals surface area contributed by atoms with Crippen LogP contribution in [0.2, 0.25) is 0 Å². The Morgan fingerprint density at radius 1 is 1.07 bits per heavy atom. The molecule has 5 heteroatoms. The molecule has 2 saturated carbocycles. The number of amides is 2. The van der Waals surface area contributed by atoms with Gasteiger partial charge in [0.2, 0.25) is 0 Å². The highest BCUT2D eigenvalue weighted by molar-refractivity contribution is 5.77. The Hall–Kier alpha value is -2.69. The van der Waals surface area contributed by atoms with Crippen molar-refractivity contribution in [1.29, 1.82) is 0 Å². The lowest BCUT2D eigenvalue weighted by Crippen LogP contribution is -2.31. The molecule has 30 heavy (non-hydrogen) atoms. The second-order valence-corrected chi connectivity index (χ2v) is 8.87. The summed E-state index contributed by atoms with van der Waals surface area (Å²) in [5, 5.41) is 3.01. The molecule has 2 aromatic rings. The zero-order valence-electron chi connectivity index (χ0n) is 17.5. The van der Waals surface area contributed by atoms with Crippen LogP contribution in [-0.2, 0) is 6.42 Å². The van der Waals surface area contributed by atoms with Crippen LogP contribution in [0.3, 0.4) is 0 Å². The first-order valence-corrected chi connectivity index (χ1v) is 11.1. The molecule has 1 N–H and O–H groups in total. The van der Waals surface area contributed by atoms with Crippen molar-refractivity contribution in [3.8, 4) is 11.5 Å². The third-order valence-electron chi connectivity index (χ3n) is 7.09. The van der Waals surface area contributed by atoms with E-state index in [1.54, 1.807) is 7.11 Å². The van der Waals surface area contributed by atoms with Gasteiger partial charge in [0.15, 0.2) is 11.5 Å². The molecule has 1 saturated heterocycles. The van der Waals surface area contributed by atoms with Gasteiger partial charge in [0.25, 0.3) is 0 Å². The molecule has 5 rings (SSSR count). The third kappa shape index (κ3) is 3.73. The van der Waals surface area contributed by atoms with E-state index < -0.39 is 0 Å². The maximum Gasteiger partial charge on any atom is 0.318 e. The van der Waals surface area contributed by atoms with Crippen LogP contribution in [0.15, 0.2) is 48.5 Å². The van der Waals surface area contributed by atoms with E-state index in [0.29, 0.717) is 25.1 Å². The smallest absolute Gasteiger partial charge is 0.318 e. The lowest BCUT2D eigenvalue weighted by molar-refractivity contribution is 0.133. The number of benzene rings is 2. The van der Waals surface area contributed by atoms with Gasteiger partial charge in [-0.15, -0.1) is 0 Å². The molecule has 5 nitrogen and oxygen atoms in total. The zero-order chi connectivity index (χ0) is 20.5. The Morgan fingerprint density at radius 2 is 1.93 bits per heavy atom. The summed E-state index contributed by atoms with van der Waals surface area (Å²) in [6.45, 7) is 1.31. The van der Waals surface area contributed by atoms with Gasteiger partial charge in [-0.25, -0.2) is 4.79 Å². The van der Waals surface area contributed by atoms with Gasteiger partial charge >= 0.3 is 6.03 Å². The molecule has 2 aliphatic carbocycles. The number of urea groups is 1. The van der Waals surface area contributed by atoms with Crippen LogP contribution in [0, 0.1) is 11.8 Å². The lowest BCUT2D eigenvalue weighted by Gasteiger charge is -2.26. The van der Waals surface area contributed by atoms with E-state index in [9.17, 15) is 4.79 Å². The van der Waals surface area contributed by atoms with E-state index in [0.717, 1.165) is 35.8 Å². The molecule has 3 fully saturated rings. The van der Waals surface area contributed by atoms with Crippen molar-refractivity contribution >= 4 is 6.03 Å². The second kappa shape index (κ2) is 8.21. The van der Waals surface area contributed by atoms with E-state index in [1.807, 2.05) is 29.2 Å². The van der Waals surface area contributed by atoms with Crippen molar-refractivity contribution in [1.82, 2.24) is 10.2 Å². The van der Waals surface area contributed by atoms with Crippen LogP contribution in [0.5, 0.6) is 11.5 Å². The van der Waals surface area contributed by atoms with Crippen LogP contribution in [0.1, 0.15) is 42.9 Å². The average molecular weight is 407 g/mol. The monoisotopic (exact) mass is 406 g/mol. The quantitative estimate of drug-likeness (QED) is 0.733. The molecule has 4 unspecified atom stereocenters. The minimum atomic E-state index is 0.00215. The summed E-state index contributed by atoms with van der Waals surface area (Å²) >= 11 is 0. The highest BCUT2D eigenvalue weighted by atomic mass is 16.5. The first kappa shape index (κ1) is 19.3. The molecular formula is C25H30N2O3. The number of nitrogens with one attached hydrogen (secondary N) is 1. The molecule has 0 radical (unpaired) electrons. The molecule has 2 bridgehead atoms. The summed E-state index contributed by atoms with van der Waals surface area (Å²) in [5.74, 6) is 3.10. The maximum absolute atomic E-state index is 12.5. The summed E-state index contributed by atoms with van der Waals surface area (Å²) in [6.07, 6.45) is 6.24. The third-order valence-corrected chi connectivity index (χ3v) is 7.09. The number of rotatable bonds is 7. The molecule has 0 spiro atoms. The standard InChI is InChI=1S/C25H30N2O3/c1-29-22-10-9-19(15-24(22)30-23-14-18-7-8-20(23)13-18)21-16-26-25(28)27(21)12-11-17-5-3-2-4-6-17/h2-6,9-10,15,18,20-21,23H,7-8,11-14,16H2,1H3,(H,26,28). The molecule has 3 aliphatic rings. The fraction of sp³-hybridized carbons (Fsp3) is 0.480. The van der Waals surface area contributed by atoms with Crippen molar-refractivity contribution in [3.05, 3.63) is 59.7 Å². The minimum Gasteiger partial charge on any atom is -0.493 e. The molecule has 1 heterocycles. The summed E-state index contributed by atoms with van der Waals surface area (Å²) in [7, 11) is 1.69. The number of ether oxygens (including phenoxy) is 2. The second-order valence-electron chi connectivity index (χ2n) is 8.87. The van der Waals surface area contributed by atoms with E-state index in [-0.39, 0.29) is 12.1 Å². The van der Waals surface area contributed by atoms with Crippen LogP contribution in [0.4, 0.5) is 4.79 Å². The Bertz CT molecular complexity index is 901. The summed E-state index contributed by atoms with van der Waals surface area (Å²) in [4.78, 5) is 14.5. The molecule has 158 valence electrons. The van der Waals surface area contributed by atoms with Gasteiger partial charge in [-0.05, 0) is 67.2 Å². The summed E-state index contributed by atoms with van der Waals surface area (Å²) in [6, 6.07) is 16.5. The predicted octanol–water partition coefficient (Wildman–Crippen LogP) is 4.57. The van der Waals surface area contributed by atoms with Gasteiger partial charge in [0.1, 0.15) is 6.10 Å². The number of fused-ring (bicyclic) bond motifs is 2. The van der Waals surface area contributed by atoms with Crippen LogP contribution >= 0.6 is 0 Å². The fourth-order valence-corrected chi connectivity index (χ4v) is 5.47. The Morgan fingerprint density at radius 3 is 2.67 bits per heavy atom. The SMILES string of the molecule is COc1ccc(C2CNC(=O)N2CCc2ccccc2)cc1OC1CC2CCC1C2. The van der Waals surface area contributed by atoms with Crippen molar-refractivity contribution < 1.29 is 14.3 Å². The molecule has 0 aromatic heterocycles. The number of hydrogen-bond donors (Lipinski definition) is 1. The van der Waals surface area contributed by atoms with E-state index in [1.165, 1.54) is 24.8 Å². The van der Waals surface area contributed by atoms with Crippen molar-refractivity contribution in [2.45, 2.75) is 44.2 Å². The van der Waals surface area contributed by atoms with Crippen LogP contribution in [-0.4, -0.2) is 37.2 Å². The van der Waals surface area contributed by atoms with E-state index >= 15 is 0 Å². The minimum absolute atomic E-state index is 0.00215. The van der Waals surface area contributed by atoms with E-state index in [2.05, 4.69) is 29.6 Å². The maximum atomic E-state index is 12.5. The van der Waals surface area contributed by atoms with Gasteiger partial charge < -0.3 is 19.7 Å². The summed E-state index contributed by atoms with van der Waals surface area (Å²) < 4.78 is 12.1. The first-order valence-electron chi connectivity index (χ1n) is 11.1. The van der Waals surface area contributed by atoms with E-state index in [4.69, 9.17) is 9.47 Å². The summed E-state index contributed by atoms with van der Waals surface area (Å²) in [5.41, 5.74) is 2.34. The van der Waals surface area contributed by atoms with Crippen molar-refractivity contribution in [2.24, 2.45) is 11.8 Å². The van der Waals surface area contributed by atoms with Crippen LogP contribution in [0.25, 0.3) is 0 Å². The molecule has 1 aliphatic heterocycles. The van der Waals surface area contributed by atoms with Crippen molar-refractivity contribution in [3.63, 3.8) is 0 Å². The topological polar surface area (TPSA) is 50.8 Å². The molecular weight excluding hydrogens is 376 g/mol. The lowest BCUT2D eigenvalue weighted by atomic mass is 9.97. The van der Waals surface area contributed by atoms with Gasteiger partial charge in [-0.3, -0.25) is 0 Å². The largest absolute Gasteiger partial charge is 0.493 e. The van der Waals surface area contributed by atoms with Gasteiger partial charge in [0, 0.05) is 13.1 Å². The number of nitrogens with zero attached hydrogens (tertiary/aromatic N) is 1. The number of hydrogen-bond acceptors (Lipinski definition) is 3. The van der Waals surface area contributed by atoms with Crippen LogP contribution < -0.4 is 14.8 Å². The van der Waals surface area contributed by atoms with Gasteiger partial charge in [-0.2, -0.15) is 0 Å². The zero-order valence-corrected chi connectivity index (χ0v) is 17.5. The normalized spacial score (nSPS) is 27.4. The highest BCUT2D eigenvalue weighted by Crippen LogP contribution is 2.47. The number of carbonyl (C=O) groups is 1. The Balaban J connectivity index is 1.33. The van der Waals surface area contributed by atoms with Crippen molar-refractivity contribution in [2.75, 3.05) is 20.2 Å². The Kier molecular flexibility index (Phi) is 5.28. The van der Waals surface area contributed by atoms with Gasteiger partial charge in [0.05, 0.1) is 13.2 Å². The average Bonchev–Trinajstić information content (AvgIpc) is 3.49. The number of carbonyl (C=O) groups excluding carboxylic acids is 1. The molecule has 4 atom stereocenters. The fourth-order valence-electron chi connectivity index (χ4n) is 5.47. The van der Waals surface area contributed by atoms with Gasteiger partial charge in [-0.1, -0.05) is 36.4 Å². The first-order chi connectivity index (χ1) is 14.7. The molecule has 2 amide bonds. The Labute approximate surface area is 178 Å².